The van der Waals surface area contributed by atoms with Gasteiger partial charge >= 0.3 is 0 Å². The van der Waals surface area contributed by atoms with Crippen molar-refractivity contribution < 1.29 is 9.47 Å². The van der Waals surface area contributed by atoms with Crippen molar-refractivity contribution in [1.82, 2.24) is 0 Å². The molecule has 0 radical (unpaired) electrons. The number of hydrogen-bond donors (Lipinski definition) is 0. The van der Waals surface area contributed by atoms with E-state index in [1.807, 2.05) is 7.11 Å². The summed E-state index contributed by atoms with van der Waals surface area (Å²) in [5, 5.41) is 7.30. The lowest BCUT2D eigenvalue weighted by molar-refractivity contribution is 0.0699. The van der Waals surface area contributed by atoms with E-state index < -0.39 is 11.2 Å². The Morgan fingerprint density at radius 3 is 1.83 bits per heavy atom. The first-order valence-electron chi connectivity index (χ1n) is 20.9. The lowest BCUT2D eigenvalue weighted by Crippen LogP contribution is -2.33. The SMILES string of the molecule is COC1(/C=C(\C)c2cccc(C3=CC4(Oc5cc6c(C)c(C)ccc6cc53)c3ccccc3-c3cc5ccccc5cc34)c2)c2ccccc2-c2cc3ccccc3cc21. The fourth-order valence-electron chi connectivity index (χ4n) is 10.6. The van der Waals surface area contributed by atoms with Gasteiger partial charge in [0, 0.05) is 34.9 Å². The zero-order valence-electron chi connectivity index (χ0n) is 34.1. The highest BCUT2D eigenvalue weighted by molar-refractivity contribution is 6.00. The summed E-state index contributed by atoms with van der Waals surface area (Å²) in [6, 6.07) is 62.3. The van der Waals surface area contributed by atoms with E-state index in [1.54, 1.807) is 0 Å². The minimum absolute atomic E-state index is 0.750. The van der Waals surface area contributed by atoms with Gasteiger partial charge in [0.25, 0.3) is 0 Å². The predicted molar refractivity (Wildman–Crippen MR) is 249 cm³/mol. The third-order valence-electron chi connectivity index (χ3n) is 13.7. The monoisotopic (exact) mass is 770 g/mol. The Morgan fingerprint density at radius 2 is 1.12 bits per heavy atom. The smallest absolute Gasteiger partial charge is 0.179 e. The van der Waals surface area contributed by atoms with Crippen molar-refractivity contribution in [3.8, 4) is 28.0 Å². The van der Waals surface area contributed by atoms with Gasteiger partial charge in [0.05, 0.1) is 0 Å². The van der Waals surface area contributed by atoms with Crippen LogP contribution < -0.4 is 4.74 Å². The second-order valence-electron chi connectivity index (χ2n) is 16.9. The Morgan fingerprint density at radius 1 is 0.517 bits per heavy atom. The van der Waals surface area contributed by atoms with E-state index in [9.17, 15) is 0 Å². The van der Waals surface area contributed by atoms with Gasteiger partial charge in [0.2, 0.25) is 0 Å². The van der Waals surface area contributed by atoms with E-state index in [0.717, 1.165) is 33.6 Å². The second kappa shape index (κ2) is 12.7. The summed E-state index contributed by atoms with van der Waals surface area (Å²) in [5.74, 6) is 0.895. The normalized spacial score (nSPS) is 18.5. The maximum Gasteiger partial charge on any atom is 0.179 e. The fraction of sp³-hybridized carbons (Fsp3) is 0.103. The Labute approximate surface area is 350 Å². The Bertz CT molecular complexity index is 3380. The molecule has 0 aromatic heterocycles. The van der Waals surface area contributed by atoms with Gasteiger partial charge in [-0.1, -0.05) is 127 Å². The lowest BCUT2D eigenvalue weighted by atomic mass is 9.81. The molecular formula is C58H42O2. The van der Waals surface area contributed by atoms with E-state index >= 15 is 0 Å². The maximum atomic E-state index is 7.52. The molecule has 9 aromatic rings. The molecule has 2 atom stereocenters. The molecule has 2 aliphatic carbocycles. The van der Waals surface area contributed by atoms with Gasteiger partial charge in [0.15, 0.2) is 5.60 Å². The van der Waals surface area contributed by atoms with Crippen molar-refractivity contribution in [1.29, 1.82) is 0 Å². The van der Waals surface area contributed by atoms with Crippen LogP contribution in [0.15, 0.2) is 182 Å². The summed E-state index contributed by atoms with van der Waals surface area (Å²) in [4.78, 5) is 0. The first-order valence-corrected chi connectivity index (χ1v) is 20.9. The number of rotatable bonds is 4. The molecule has 1 heterocycles. The topological polar surface area (TPSA) is 18.5 Å². The molecule has 9 aromatic carbocycles. The van der Waals surface area contributed by atoms with E-state index in [2.05, 4.69) is 203 Å². The number of benzene rings is 9. The standard InChI is InChI=1S/C58H42O2/c1-35-24-25-44-29-50-51(34-58(60-56(50)32-47(44)37(35)3)53-23-12-10-21-46(53)49-28-40-15-6-8-17-42(40)31-55(49)58)43-19-13-18-38(26-43)36(2)33-57(59-4)52-22-11-9-20-45(52)48-27-39-14-5-7-16-41(39)30-54(48)57/h5-34H,1-4H3/b36-33+. The fourth-order valence-corrected chi connectivity index (χ4v) is 10.6. The van der Waals surface area contributed by atoms with Crippen LogP contribution in [0.25, 0.3) is 65.7 Å². The van der Waals surface area contributed by atoms with Crippen LogP contribution in [0, 0.1) is 13.8 Å². The molecule has 12 rings (SSSR count). The minimum Gasteiger partial charge on any atom is -0.473 e. The van der Waals surface area contributed by atoms with Crippen LogP contribution in [0.3, 0.4) is 0 Å². The minimum atomic E-state index is -0.829. The highest BCUT2D eigenvalue weighted by atomic mass is 16.5. The van der Waals surface area contributed by atoms with E-state index in [0.29, 0.717) is 0 Å². The molecule has 0 saturated heterocycles. The van der Waals surface area contributed by atoms with Gasteiger partial charge in [-0.3, -0.25) is 0 Å². The number of methoxy groups -OCH3 is 1. The Balaban J connectivity index is 1.08. The predicted octanol–water partition coefficient (Wildman–Crippen LogP) is 14.5. The summed E-state index contributed by atoms with van der Waals surface area (Å²) in [7, 11) is 1.85. The highest BCUT2D eigenvalue weighted by Gasteiger charge is 2.47. The van der Waals surface area contributed by atoms with Crippen LogP contribution in [0.1, 0.15) is 57.0 Å². The zero-order valence-corrected chi connectivity index (χ0v) is 34.1. The number of ether oxygens (including phenoxy) is 2. The van der Waals surface area contributed by atoms with E-state index in [4.69, 9.17) is 9.47 Å². The molecule has 60 heavy (non-hydrogen) atoms. The number of fused-ring (bicyclic) bond motifs is 12. The van der Waals surface area contributed by atoms with E-state index in [1.165, 1.54) is 88.0 Å². The highest BCUT2D eigenvalue weighted by Crippen LogP contribution is 2.57. The van der Waals surface area contributed by atoms with Gasteiger partial charge in [0.1, 0.15) is 11.4 Å². The average molecular weight is 771 g/mol. The molecule has 0 N–H and O–H groups in total. The molecule has 1 spiro atoms. The lowest BCUT2D eigenvalue weighted by Gasteiger charge is -2.36. The van der Waals surface area contributed by atoms with Gasteiger partial charge < -0.3 is 9.47 Å². The maximum absolute atomic E-state index is 7.52. The Kier molecular flexibility index (Phi) is 7.43. The summed E-state index contributed by atoms with van der Waals surface area (Å²) in [6.07, 6.45) is 4.75. The molecule has 0 bridgehead atoms. The summed E-state index contributed by atoms with van der Waals surface area (Å²) in [5.41, 5.74) is 16.2. The first-order chi connectivity index (χ1) is 29.3. The number of aryl methyl sites for hydroxylation is 2. The molecule has 0 fully saturated rings. The molecule has 3 aliphatic rings. The van der Waals surface area contributed by atoms with Crippen LogP contribution in [-0.2, 0) is 15.9 Å². The van der Waals surface area contributed by atoms with Crippen LogP contribution in [0.5, 0.6) is 5.75 Å². The zero-order chi connectivity index (χ0) is 40.3. The summed E-state index contributed by atoms with van der Waals surface area (Å²) in [6.45, 7) is 6.64. The van der Waals surface area contributed by atoms with Crippen molar-refractivity contribution in [2.75, 3.05) is 7.11 Å². The van der Waals surface area contributed by atoms with Gasteiger partial charge in [-0.25, -0.2) is 0 Å². The molecule has 1 aliphatic heterocycles. The van der Waals surface area contributed by atoms with Crippen molar-refractivity contribution in [3.05, 3.63) is 232 Å². The molecule has 2 unspecified atom stereocenters. The number of allylic oxidation sites excluding steroid dienone is 1. The number of hydrogen-bond acceptors (Lipinski definition) is 2. The summed E-state index contributed by atoms with van der Waals surface area (Å²) >= 11 is 0. The third-order valence-corrected chi connectivity index (χ3v) is 13.7. The quantitative estimate of drug-likeness (QED) is 0.177. The van der Waals surface area contributed by atoms with Crippen molar-refractivity contribution in [2.45, 2.75) is 32.0 Å². The van der Waals surface area contributed by atoms with Gasteiger partial charge in [-0.2, -0.15) is 0 Å². The average Bonchev–Trinajstić information content (AvgIpc) is 3.70. The molecule has 2 heteroatoms. The van der Waals surface area contributed by atoms with Crippen LogP contribution >= 0.6 is 0 Å². The largest absolute Gasteiger partial charge is 0.473 e. The van der Waals surface area contributed by atoms with Crippen molar-refractivity contribution >= 4 is 43.5 Å². The molecular weight excluding hydrogens is 729 g/mol. The van der Waals surface area contributed by atoms with Crippen molar-refractivity contribution in [2.24, 2.45) is 0 Å². The molecule has 0 saturated carbocycles. The second-order valence-corrected chi connectivity index (χ2v) is 16.9. The van der Waals surface area contributed by atoms with Gasteiger partial charge in [-0.15, -0.1) is 0 Å². The molecule has 2 nitrogen and oxygen atoms in total. The van der Waals surface area contributed by atoms with Crippen molar-refractivity contribution in [3.63, 3.8) is 0 Å². The van der Waals surface area contributed by atoms with E-state index in [-0.39, 0.29) is 0 Å². The summed E-state index contributed by atoms with van der Waals surface area (Å²) < 4.78 is 14.2. The molecule has 0 amide bonds. The van der Waals surface area contributed by atoms with Crippen LogP contribution in [0.2, 0.25) is 0 Å². The van der Waals surface area contributed by atoms with Gasteiger partial charge in [-0.05, 0) is 163 Å². The first kappa shape index (κ1) is 35.0. The molecule has 286 valence electrons. The van der Waals surface area contributed by atoms with Crippen LogP contribution in [0.4, 0.5) is 0 Å². The van der Waals surface area contributed by atoms with Crippen LogP contribution in [-0.4, -0.2) is 7.11 Å². The Hall–Kier alpha value is -7.00. The third kappa shape index (κ3) is 4.86.